The SMILES string of the molecule is CCCCCCCC(=O)CCCCCC/C=C/[C@H](C(=O)N[C@@H](Cc1ccc(-c2cccc(C)c2)cc1)C(=O)O)[C@@](O)(CC(=O)O)C(=O)O. The largest absolute Gasteiger partial charge is 0.481 e. The van der Waals surface area contributed by atoms with Crippen LogP contribution in [0.15, 0.2) is 60.7 Å². The van der Waals surface area contributed by atoms with Crippen molar-refractivity contribution in [1.29, 1.82) is 0 Å². The minimum atomic E-state index is -3.01. The number of aliphatic hydroxyl groups is 1. The first-order valence-electron chi connectivity index (χ1n) is 16.9. The van der Waals surface area contributed by atoms with Gasteiger partial charge in [0.15, 0.2) is 5.60 Å². The van der Waals surface area contributed by atoms with Gasteiger partial charge in [0.25, 0.3) is 0 Å². The standard InChI is InChI=1S/C38H51NO9/c1-3-4-5-8-11-17-31(40)18-12-9-6-7-10-13-19-32(38(48,37(46)47)26-34(41)42)35(43)39-33(36(44)45)25-28-20-22-29(23-21-28)30-16-14-15-27(2)24-30/h13-16,19-24,32-33,48H,3-12,17-18,25-26H2,1-2H3,(H,39,43)(H,41,42)(H,44,45)(H,46,47)/b19-13+/t32-,33+,38+/m1/s1. The van der Waals surface area contributed by atoms with Crippen molar-refractivity contribution >= 4 is 29.6 Å². The number of aliphatic carboxylic acids is 3. The Bertz CT molecular complexity index is 1380. The Morgan fingerprint density at radius 3 is 2.00 bits per heavy atom. The summed E-state index contributed by atoms with van der Waals surface area (Å²) in [7, 11) is 0. The van der Waals surface area contributed by atoms with Crippen LogP contribution in [0.4, 0.5) is 0 Å². The van der Waals surface area contributed by atoms with Gasteiger partial charge >= 0.3 is 17.9 Å². The number of carbonyl (C=O) groups is 5. The lowest BCUT2D eigenvalue weighted by Gasteiger charge is -2.29. The summed E-state index contributed by atoms with van der Waals surface area (Å²) < 4.78 is 0. The Morgan fingerprint density at radius 2 is 1.44 bits per heavy atom. The van der Waals surface area contributed by atoms with Crippen molar-refractivity contribution in [1.82, 2.24) is 5.32 Å². The molecule has 0 saturated carbocycles. The number of unbranched alkanes of at least 4 members (excludes halogenated alkanes) is 8. The molecule has 262 valence electrons. The molecule has 0 radical (unpaired) electrons. The molecule has 2 aromatic carbocycles. The Kier molecular flexibility index (Phi) is 17.3. The third-order valence-electron chi connectivity index (χ3n) is 8.41. The van der Waals surface area contributed by atoms with Gasteiger partial charge in [-0.25, -0.2) is 9.59 Å². The molecule has 0 spiro atoms. The maximum absolute atomic E-state index is 13.4. The minimum Gasteiger partial charge on any atom is -0.481 e. The fourth-order valence-corrected chi connectivity index (χ4v) is 5.59. The monoisotopic (exact) mass is 665 g/mol. The zero-order valence-electron chi connectivity index (χ0n) is 28.2. The number of carboxylic acids is 3. The molecule has 5 N–H and O–H groups in total. The number of amides is 1. The number of rotatable bonds is 24. The van der Waals surface area contributed by atoms with E-state index in [0.29, 0.717) is 31.2 Å². The summed E-state index contributed by atoms with van der Waals surface area (Å²) in [4.78, 5) is 61.2. The van der Waals surface area contributed by atoms with Gasteiger partial charge in [0, 0.05) is 19.3 Å². The van der Waals surface area contributed by atoms with E-state index in [-0.39, 0.29) is 12.2 Å². The zero-order chi connectivity index (χ0) is 35.5. The second-order valence-electron chi connectivity index (χ2n) is 12.5. The van der Waals surface area contributed by atoms with Gasteiger partial charge < -0.3 is 25.7 Å². The summed E-state index contributed by atoms with van der Waals surface area (Å²) in [5, 5.41) is 42.3. The van der Waals surface area contributed by atoms with Crippen LogP contribution < -0.4 is 5.32 Å². The fraction of sp³-hybridized carbons (Fsp3) is 0.500. The van der Waals surface area contributed by atoms with E-state index < -0.39 is 47.8 Å². The van der Waals surface area contributed by atoms with Crippen molar-refractivity contribution < 1.29 is 44.4 Å². The van der Waals surface area contributed by atoms with Gasteiger partial charge in [-0.15, -0.1) is 0 Å². The van der Waals surface area contributed by atoms with E-state index in [1.54, 1.807) is 12.1 Å². The molecule has 0 aliphatic carbocycles. The summed E-state index contributed by atoms with van der Waals surface area (Å²) in [6, 6.07) is 13.6. The number of nitrogens with one attached hydrogen (secondary N) is 1. The number of hydrogen-bond donors (Lipinski definition) is 5. The molecule has 10 heteroatoms. The first-order valence-corrected chi connectivity index (χ1v) is 16.9. The number of ketones is 1. The van der Waals surface area contributed by atoms with Crippen molar-refractivity contribution in [2.75, 3.05) is 0 Å². The van der Waals surface area contributed by atoms with Crippen molar-refractivity contribution in [3.8, 4) is 11.1 Å². The van der Waals surface area contributed by atoms with Crippen LogP contribution in [0.25, 0.3) is 11.1 Å². The number of carbonyl (C=O) groups excluding carboxylic acids is 2. The van der Waals surface area contributed by atoms with Gasteiger partial charge in [-0.2, -0.15) is 0 Å². The topological polar surface area (TPSA) is 178 Å². The molecular weight excluding hydrogens is 614 g/mol. The normalized spacial score (nSPS) is 13.8. The number of allylic oxidation sites excluding steroid dienone is 1. The quantitative estimate of drug-likeness (QED) is 0.0618. The highest BCUT2D eigenvalue weighted by atomic mass is 16.4. The van der Waals surface area contributed by atoms with E-state index in [1.165, 1.54) is 12.5 Å². The van der Waals surface area contributed by atoms with Gasteiger partial charge in [-0.1, -0.05) is 112 Å². The highest BCUT2D eigenvalue weighted by Crippen LogP contribution is 2.26. The number of aryl methyl sites for hydroxylation is 1. The van der Waals surface area contributed by atoms with Crippen LogP contribution >= 0.6 is 0 Å². The molecule has 0 heterocycles. The predicted octanol–water partition coefficient (Wildman–Crippen LogP) is 6.51. The molecule has 0 saturated heterocycles. The third kappa shape index (κ3) is 13.8. The molecule has 0 aromatic heterocycles. The second kappa shape index (κ2) is 20.8. The lowest BCUT2D eigenvalue weighted by molar-refractivity contribution is -0.172. The van der Waals surface area contributed by atoms with E-state index in [1.807, 2.05) is 43.3 Å². The molecule has 2 rings (SSSR count). The molecule has 2 aromatic rings. The van der Waals surface area contributed by atoms with Crippen LogP contribution in [0.5, 0.6) is 0 Å². The van der Waals surface area contributed by atoms with Crippen LogP contribution in [0.3, 0.4) is 0 Å². The van der Waals surface area contributed by atoms with Gasteiger partial charge in [0.1, 0.15) is 11.8 Å². The van der Waals surface area contributed by atoms with Crippen molar-refractivity contribution in [3.05, 3.63) is 71.8 Å². The van der Waals surface area contributed by atoms with Crippen molar-refractivity contribution in [2.24, 2.45) is 5.92 Å². The Labute approximate surface area is 283 Å². The first-order chi connectivity index (χ1) is 22.9. The maximum atomic E-state index is 13.4. The molecule has 0 aliphatic heterocycles. The molecule has 48 heavy (non-hydrogen) atoms. The fourth-order valence-electron chi connectivity index (χ4n) is 5.59. The lowest BCUT2D eigenvalue weighted by atomic mass is 9.82. The van der Waals surface area contributed by atoms with Gasteiger partial charge in [-0.05, 0) is 49.3 Å². The predicted molar refractivity (Wildman–Crippen MR) is 183 cm³/mol. The average Bonchev–Trinajstić information content (AvgIpc) is 3.03. The van der Waals surface area contributed by atoms with E-state index in [4.69, 9.17) is 0 Å². The molecule has 10 nitrogen and oxygen atoms in total. The molecule has 1 amide bonds. The third-order valence-corrected chi connectivity index (χ3v) is 8.41. The van der Waals surface area contributed by atoms with E-state index in [9.17, 15) is 44.4 Å². The van der Waals surface area contributed by atoms with E-state index in [2.05, 4.69) is 12.2 Å². The van der Waals surface area contributed by atoms with E-state index >= 15 is 0 Å². The number of carboxylic acid groups (broad SMARTS) is 3. The van der Waals surface area contributed by atoms with Gasteiger partial charge in [-0.3, -0.25) is 14.4 Å². The maximum Gasteiger partial charge on any atom is 0.337 e. The minimum absolute atomic E-state index is 0.128. The molecule has 0 fully saturated rings. The molecule has 0 bridgehead atoms. The lowest BCUT2D eigenvalue weighted by Crippen LogP contribution is -2.55. The Balaban J connectivity index is 2.03. The van der Waals surface area contributed by atoms with E-state index in [0.717, 1.165) is 67.7 Å². The molecule has 0 unspecified atom stereocenters. The van der Waals surface area contributed by atoms with Crippen molar-refractivity contribution in [3.63, 3.8) is 0 Å². The van der Waals surface area contributed by atoms with Crippen LogP contribution in [-0.2, 0) is 30.4 Å². The second-order valence-corrected chi connectivity index (χ2v) is 12.5. The summed E-state index contributed by atoms with van der Waals surface area (Å²) in [6.45, 7) is 4.13. The summed E-state index contributed by atoms with van der Waals surface area (Å²) in [6.07, 6.45) is 11.4. The Hall–Kier alpha value is -4.31. The van der Waals surface area contributed by atoms with Crippen LogP contribution in [-0.4, -0.2) is 61.7 Å². The van der Waals surface area contributed by atoms with Gasteiger partial charge in [0.2, 0.25) is 5.91 Å². The first kappa shape index (κ1) is 39.9. The molecular formula is C38H51NO9. The highest BCUT2D eigenvalue weighted by Gasteiger charge is 2.49. The van der Waals surface area contributed by atoms with Crippen molar-refractivity contribution in [2.45, 2.75) is 115 Å². The smallest absolute Gasteiger partial charge is 0.337 e. The summed E-state index contributed by atoms with van der Waals surface area (Å²) in [5.74, 6) is -7.64. The molecule has 3 atom stereocenters. The number of hydrogen-bond acceptors (Lipinski definition) is 6. The Morgan fingerprint density at radius 1 is 0.812 bits per heavy atom. The number of benzene rings is 2. The average molecular weight is 666 g/mol. The summed E-state index contributed by atoms with van der Waals surface area (Å²) >= 11 is 0. The van der Waals surface area contributed by atoms with Crippen LogP contribution in [0, 0.1) is 12.8 Å². The highest BCUT2D eigenvalue weighted by molar-refractivity contribution is 5.94. The summed E-state index contributed by atoms with van der Waals surface area (Å²) in [5.41, 5.74) is 0.584. The molecule has 0 aliphatic rings. The van der Waals surface area contributed by atoms with Gasteiger partial charge in [0.05, 0.1) is 12.3 Å². The van der Waals surface area contributed by atoms with Crippen LogP contribution in [0.1, 0.15) is 102 Å². The van der Waals surface area contributed by atoms with Crippen LogP contribution in [0.2, 0.25) is 0 Å². The zero-order valence-corrected chi connectivity index (χ0v) is 28.2. The number of Topliss-reactive ketones (excluding diaryl/α,β-unsaturated/α-hetero) is 1.